The van der Waals surface area contributed by atoms with Gasteiger partial charge in [0.25, 0.3) is 0 Å². The molecule has 3 rings (SSSR count). The summed E-state index contributed by atoms with van der Waals surface area (Å²) in [5.74, 6) is 0.787. The Morgan fingerprint density at radius 1 is 1.08 bits per heavy atom. The minimum atomic E-state index is -0.193. The van der Waals surface area contributed by atoms with Crippen molar-refractivity contribution < 1.29 is 19.0 Å². The summed E-state index contributed by atoms with van der Waals surface area (Å²) in [6, 6.07) is 7.20. The summed E-state index contributed by atoms with van der Waals surface area (Å²) < 4.78 is 16.8. The molecule has 0 bridgehead atoms. The molecule has 1 aromatic rings. The van der Waals surface area contributed by atoms with Gasteiger partial charge in [0.05, 0.1) is 12.2 Å². The molecule has 2 aliphatic rings. The predicted octanol–water partition coefficient (Wildman–Crippen LogP) is 2.94. The zero-order valence-electron chi connectivity index (χ0n) is 14.0. The number of rotatable bonds is 7. The van der Waals surface area contributed by atoms with E-state index in [2.05, 4.69) is 10.6 Å². The second kappa shape index (κ2) is 8.89. The van der Waals surface area contributed by atoms with Crippen molar-refractivity contribution in [2.45, 2.75) is 44.3 Å². The van der Waals surface area contributed by atoms with Gasteiger partial charge in [0.15, 0.2) is 0 Å². The normalized spacial score (nSPS) is 23.2. The van der Waals surface area contributed by atoms with Gasteiger partial charge in [0, 0.05) is 25.4 Å². The fourth-order valence-electron chi connectivity index (χ4n) is 2.99. The number of anilines is 1. The zero-order valence-corrected chi connectivity index (χ0v) is 14.0. The summed E-state index contributed by atoms with van der Waals surface area (Å²) in [6.07, 6.45) is 5.76. The lowest BCUT2D eigenvalue weighted by molar-refractivity contribution is 0.0679. The Balaban J connectivity index is 1.34. The van der Waals surface area contributed by atoms with Crippen LogP contribution in [0.3, 0.4) is 0 Å². The van der Waals surface area contributed by atoms with Crippen LogP contribution in [0.15, 0.2) is 24.3 Å². The Morgan fingerprint density at radius 3 is 2.46 bits per heavy atom. The van der Waals surface area contributed by atoms with E-state index in [1.54, 1.807) is 0 Å². The number of amides is 2. The number of benzene rings is 1. The van der Waals surface area contributed by atoms with Crippen LogP contribution in [0, 0.1) is 0 Å². The minimum Gasteiger partial charge on any atom is -0.491 e. The van der Waals surface area contributed by atoms with Crippen LogP contribution in [0.4, 0.5) is 10.5 Å². The van der Waals surface area contributed by atoms with Crippen LogP contribution in [0.25, 0.3) is 0 Å². The van der Waals surface area contributed by atoms with Crippen LogP contribution in [-0.2, 0) is 9.47 Å². The maximum absolute atomic E-state index is 11.9. The molecule has 0 aliphatic carbocycles. The molecule has 0 aromatic heterocycles. The lowest BCUT2D eigenvalue weighted by Gasteiger charge is -2.13. The van der Waals surface area contributed by atoms with Crippen molar-refractivity contribution >= 4 is 11.7 Å². The molecule has 2 fully saturated rings. The van der Waals surface area contributed by atoms with Gasteiger partial charge >= 0.3 is 6.03 Å². The summed E-state index contributed by atoms with van der Waals surface area (Å²) in [6.45, 7) is 2.88. The van der Waals surface area contributed by atoms with Gasteiger partial charge in [-0.2, -0.15) is 0 Å². The number of hydrogen-bond donors (Lipinski definition) is 2. The van der Waals surface area contributed by atoms with E-state index < -0.39 is 0 Å². The largest absolute Gasteiger partial charge is 0.491 e. The summed E-state index contributed by atoms with van der Waals surface area (Å²) in [5, 5.41) is 5.68. The van der Waals surface area contributed by atoms with Gasteiger partial charge < -0.3 is 24.8 Å². The van der Waals surface area contributed by atoms with E-state index in [1.165, 1.54) is 0 Å². The van der Waals surface area contributed by atoms with Gasteiger partial charge in [0.2, 0.25) is 0 Å². The number of ether oxygens (including phenoxy) is 3. The molecule has 0 spiro atoms. The van der Waals surface area contributed by atoms with Crippen LogP contribution >= 0.6 is 0 Å². The molecule has 24 heavy (non-hydrogen) atoms. The fraction of sp³-hybridized carbons (Fsp3) is 0.611. The molecule has 1 aromatic carbocycles. The molecule has 2 N–H and O–H groups in total. The Bertz CT molecular complexity index is 508. The van der Waals surface area contributed by atoms with Gasteiger partial charge in [-0.05, 0) is 56.4 Å². The highest BCUT2D eigenvalue weighted by molar-refractivity contribution is 5.89. The van der Waals surface area contributed by atoms with Gasteiger partial charge in [-0.3, -0.25) is 0 Å². The Kier molecular flexibility index (Phi) is 6.32. The summed E-state index contributed by atoms with van der Waals surface area (Å²) in [7, 11) is 0. The lowest BCUT2D eigenvalue weighted by Crippen LogP contribution is -2.31. The standard InChI is InChI=1S/C18H26N2O4/c21-18(19-10-9-15-3-1-11-22-15)20-14-5-7-16(8-6-14)24-13-17-4-2-12-23-17/h5-8,15,17H,1-4,9-13H2,(H2,19,20,21). The number of nitrogens with one attached hydrogen (secondary N) is 2. The van der Waals surface area contributed by atoms with Gasteiger partial charge in [-0.1, -0.05) is 0 Å². The van der Waals surface area contributed by atoms with Gasteiger partial charge in [0.1, 0.15) is 12.4 Å². The smallest absolute Gasteiger partial charge is 0.319 e. The average Bonchev–Trinajstić information content (AvgIpc) is 3.28. The van der Waals surface area contributed by atoms with Crippen LogP contribution < -0.4 is 15.4 Å². The molecule has 2 aliphatic heterocycles. The molecular weight excluding hydrogens is 308 g/mol. The molecule has 6 nitrogen and oxygen atoms in total. The van der Waals surface area contributed by atoms with Crippen molar-refractivity contribution in [1.82, 2.24) is 5.32 Å². The molecule has 2 heterocycles. The number of urea groups is 1. The van der Waals surface area contributed by atoms with E-state index in [-0.39, 0.29) is 12.1 Å². The first-order valence-corrected chi connectivity index (χ1v) is 8.80. The first-order valence-electron chi connectivity index (χ1n) is 8.80. The van der Waals surface area contributed by atoms with Crippen molar-refractivity contribution in [3.05, 3.63) is 24.3 Å². The zero-order chi connectivity index (χ0) is 16.6. The van der Waals surface area contributed by atoms with Crippen LogP contribution in [-0.4, -0.2) is 44.6 Å². The van der Waals surface area contributed by atoms with E-state index >= 15 is 0 Å². The SMILES string of the molecule is O=C(NCCC1CCCO1)Nc1ccc(OCC2CCCO2)cc1. The number of hydrogen-bond acceptors (Lipinski definition) is 4. The highest BCUT2D eigenvalue weighted by Crippen LogP contribution is 2.18. The maximum Gasteiger partial charge on any atom is 0.319 e. The lowest BCUT2D eigenvalue weighted by atomic mass is 10.2. The van der Waals surface area contributed by atoms with Crippen molar-refractivity contribution in [3.63, 3.8) is 0 Å². The number of carbonyl (C=O) groups excluding carboxylic acids is 1. The quantitative estimate of drug-likeness (QED) is 0.804. The molecule has 0 radical (unpaired) electrons. The van der Waals surface area contributed by atoms with E-state index in [4.69, 9.17) is 14.2 Å². The fourth-order valence-corrected chi connectivity index (χ4v) is 2.99. The molecule has 2 saturated heterocycles. The van der Waals surface area contributed by atoms with Crippen LogP contribution in [0.5, 0.6) is 5.75 Å². The van der Waals surface area contributed by atoms with Crippen molar-refractivity contribution in [2.24, 2.45) is 0 Å². The highest BCUT2D eigenvalue weighted by atomic mass is 16.5. The Morgan fingerprint density at radius 2 is 1.79 bits per heavy atom. The first kappa shape index (κ1) is 17.0. The van der Waals surface area contributed by atoms with Gasteiger partial charge in [-0.15, -0.1) is 0 Å². The third-order valence-corrected chi connectivity index (χ3v) is 4.35. The second-order valence-electron chi connectivity index (χ2n) is 6.28. The van der Waals surface area contributed by atoms with Crippen molar-refractivity contribution in [3.8, 4) is 5.75 Å². The average molecular weight is 334 g/mol. The van der Waals surface area contributed by atoms with Crippen molar-refractivity contribution in [1.29, 1.82) is 0 Å². The molecule has 132 valence electrons. The Labute approximate surface area is 142 Å². The Hall–Kier alpha value is -1.79. The minimum absolute atomic E-state index is 0.193. The maximum atomic E-state index is 11.9. The summed E-state index contributed by atoms with van der Waals surface area (Å²) in [4.78, 5) is 11.9. The third kappa shape index (κ3) is 5.39. The molecular formula is C18H26N2O4. The molecule has 2 unspecified atom stereocenters. The summed E-state index contributed by atoms with van der Waals surface area (Å²) in [5.41, 5.74) is 0.745. The molecule has 0 saturated carbocycles. The van der Waals surface area contributed by atoms with Crippen LogP contribution in [0.2, 0.25) is 0 Å². The second-order valence-corrected chi connectivity index (χ2v) is 6.28. The molecule has 2 amide bonds. The molecule has 2 atom stereocenters. The van der Waals surface area contributed by atoms with E-state index in [0.717, 1.165) is 56.8 Å². The van der Waals surface area contributed by atoms with E-state index in [1.807, 2.05) is 24.3 Å². The topological polar surface area (TPSA) is 68.8 Å². The van der Waals surface area contributed by atoms with E-state index in [0.29, 0.717) is 19.3 Å². The third-order valence-electron chi connectivity index (χ3n) is 4.35. The van der Waals surface area contributed by atoms with E-state index in [9.17, 15) is 4.79 Å². The summed E-state index contributed by atoms with van der Waals surface area (Å²) >= 11 is 0. The number of carbonyl (C=O) groups is 1. The van der Waals surface area contributed by atoms with Crippen molar-refractivity contribution in [2.75, 3.05) is 31.7 Å². The van der Waals surface area contributed by atoms with Gasteiger partial charge in [-0.25, -0.2) is 4.79 Å². The first-order chi connectivity index (χ1) is 11.8. The predicted molar refractivity (Wildman–Crippen MR) is 91.5 cm³/mol. The molecule has 6 heteroatoms. The highest BCUT2D eigenvalue weighted by Gasteiger charge is 2.16. The van der Waals surface area contributed by atoms with Crippen LogP contribution in [0.1, 0.15) is 32.1 Å². The monoisotopic (exact) mass is 334 g/mol.